The number of hydrogen-bond donors (Lipinski definition) is 1. The Hall–Kier alpha value is -4.18. The van der Waals surface area contributed by atoms with Gasteiger partial charge in [0, 0.05) is 6.21 Å². The van der Waals surface area contributed by atoms with Crippen molar-refractivity contribution in [1.82, 2.24) is 4.57 Å². The zero-order chi connectivity index (χ0) is 23.3. The van der Waals surface area contributed by atoms with E-state index in [1.165, 1.54) is 10.8 Å². The fourth-order valence-corrected chi connectivity index (χ4v) is 3.37. The average Bonchev–Trinajstić information content (AvgIpc) is 2.80. The minimum Gasteiger partial charge on any atom is -0.494 e. The molecule has 3 rings (SSSR count). The summed E-state index contributed by atoms with van der Waals surface area (Å²) in [5, 5.41) is 20.5. The molecule has 1 aromatic heterocycles. The maximum Gasteiger partial charge on any atom is 0.338 e. The van der Waals surface area contributed by atoms with Crippen molar-refractivity contribution in [2.45, 2.75) is 26.8 Å². The van der Waals surface area contributed by atoms with Crippen LogP contribution in [0.1, 0.15) is 52.5 Å². The lowest BCUT2D eigenvalue weighted by molar-refractivity contribution is 0.0526. The van der Waals surface area contributed by atoms with E-state index in [1.54, 1.807) is 45.0 Å². The largest absolute Gasteiger partial charge is 0.494 e. The summed E-state index contributed by atoms with van der Waals surface area (Å²) >= 11 is 0. The smallest absolute Gasteiger partial charge is 0.338 e. The summed E-state index contributed by atoms with van der Waals surface area (Å²) in [4.78, 5) is 29.1. The van der Waals surface area contributed by atoms with Gasteiger partial charge in [-0.25, -0.2) is 4.79 Å². The van der Waals surface area contributed by atoms with Gasteiger partial charge in [-0.15, -0.1) is 0 Å². The van der Waals surface area contributed by atoms with Gasteiger partial charge in [-0.2, -0.15) is 5.26 Å². The maximum atomic E-state index is 12.9. The third-order valence-electron chi connectivity index (χ3n) is 5.18. The van der Waals surface area contributed by atoms with Crippen LogP contribution in [-0.2, 0) is 4.74 Å². The first-order valence-electron chi connectivity index (χ1n) is 10.1. The van der Waals surface area contributed by atoms with Crippen LogP contribution in [0.15, 0.2) is 64.4 Å². The van der Waals surface area contributed by atoms with Crippen LogP contribution >= 0.6 is 0 Å². The van der Waals surface area contributed by atoms with Crippen LogP contribution in [0.25, 0.3) is 0 Å². The Bertz CT molecular complexity index is 1250. The number of ether oxygens (including phenoxy) is 1. The number of benzene rings is 2. The Balaban J connectivity index is 2.04. The number of esters is 1. The molecule has 162 valence electrons. The number of aromatic hydroxyl groups is 1. The first kappa shape index (κ1) is 22.5. The van der Waals surface area contributed by atoms with Gasteiger partial charge in [-0.1, -0.05) is 30.3 Å². The fourth-order valence-electron chi connectivity index (χ4n) is 3.37. The lowest BCUT2D eigenvalue weighted by Gasteiger charge is -2.20. The van der Waals surface area contributed by atoms with Crippen LogP contribution in [0.5, 0.6) is 5.88 Å². The Labute approximate surface area is 185 Å². The third kappa shape index (κ3) is 4.44. The minimum atomic E-state index is -0.560. The molecular formula is C25H23N3O4. The van der Waals surface area contributed by atoms with Crippen LogP contribution in [0.2, 0.25) is 0 Å². The van der Waals surface area contributed by atoms with Gasteiger partial charge in [0.05, 0.1) is 29.5 Å². The standard InChI is InChI=1S/C25H23N3O4/c1-4-32-25(31)19-10-12-20(13-11-19)27-15-22-16(2)21(14-26)23(29)28(24(22)30)17(3)18-8-6-5-7-9-18/h5-13,15,17,30H,4H2,1-3H3. The van der Waals surface area contributed by atoms with E-state index < -0.39 is 17.6 Å². The number of hydrogen-bond acceptors (Lipinski definition) is 6. The van der Waals surface area contributed by atoms with Gasteiger partial charge >= 0.3 is 5.97 Å². The SMILES string of the molecule is CCOC(=O)c1ccc(N=Cc2c(C)c(C#N)c(=O)n(C(C)c3ccccc3)c2O)cc1. The van der Waals surface area contributed by atoms with Crippen molar-refractivity contribution in [3.8, 4) is 11.9 Å². The molecular weight excluding hydrogens is 406 g/mol. The zero-order valence-electron chi connectivity index (χ0n) is 18.1. The number of nitriles is 1. The molecule has 1 unspecified atom stereocenters. The lowest BCUT2D eigenvalue weighted by Crippen LogP contribution is -2.28. The van der Waals surface area contributed by atoms with Crippen molar-refractivity contribution in [2.24, 2.45) is 4.99 Å². The molecule has 0 amide bonds. The summed E-state index contributed by atoms with van der Waals surface area (Å²) < 4.78 is 6.16. The molecule has 0 saturated heterocycles. The first-order chi connectivity index (χ1) is 15.4. The van der Waals surface area contributed by atoms with E-state index in [4.69, 9.17) is 4.74 Å². The number of carbonyl (C=O) groups is 1. The molecule has 1 N–H and O–H groups in total. The molecule has 0 bridgehead atoms. The van der Waals surface area contributed by atoms with Crippen LogP contribution in [0.3, 0.4) is 0 Å². The molecule has 0 aliphatic rings. The summed E-state index contributed by atoms with van der Waals surface area (Å²) in [7, 11) is 0. The molecule has 0 radical (unpaired) electrons. The highest BCUT2D eigenvalue weighted by molar-refractivity contribution is 5.90. The number of nitrogens with zero attached hydrogens (tertiary/aromatic N) is 3. The Morgan fingerprint density at radius 3 is 2.47 bits per heavy atom. The van der Waals surface area contributed by atoms with Crippen molar-refractivity contribution < 1.29 is 14.6 Å². The summed E-state index contributed by atoms with van der Waals surface area (Å²) in [6.07, 6.45) is 1.42. The summed E-state index contributed by atoms with van der Waals surface area (Å²) in [5.74, 6) is -0.688. The Morgan fingerprint density at radius 2 is 1.88 bits per heavy atom. The van der Waals surface area contributed by atoms with Gasteiger partial charge in [0.25, 0.3) is 5.56 Å². The zero-order valence-corrected chi connectivity index (χ0v) is 18.1. The van der Waals surface area contributed by atoms with Gasteiger partial charge in [0.15, 0.2) is 0 Å². The second kappa shape index (κ2) is 9.75. The topological polar surface area (TPSA) is 105 Å². The second-order valence-electron chi connectivity index (χ2n) is 7.14. The summed E-state index contributed by atoms with van der Waals surface area (Å²) in [6.45, 7) is 5.40. The molecule has 1 atom stereocenters. The highest BCUT2D eigenvalue weighted by atomic mass is 16.5. The highest BCUT2D eigenvalue weighted by Crippen LogP contribution is 2.27. The van der Waals surface area contributed by atoms with Gasteiger partial charge in [-0.3, -0.25) is 14.4 Å². The van der Waals surface area contributed by atoms with E-state index in [9.17, 15) is 20.0 Å². The van der Waals surface area contributed by atoms with Crippen molar-refractivity contribution in [3.05, 3.63) is 92.8 Å². The first-order valence-corrected chi connectivity index (χ1v) is 10.1. The van der Waals surface area contributed by atoms with Gasteiger partial charge in [-0.05, 0) is 56.2 Å². The fraction of sp³-hybridized carbons (Fsp3) is 0.200. The van der Waals surface area contributed by atoms with E-state index in [0.717, 1.165) is 5.56 Å². The Kier molecular flexibility index (Phi) is 6.86. The second-order valence-corrected chi connectivity index (χ2v) is 7.14. The van der Waals surface area contributed by atoms with Crippen LogP contribution in [0, 0.1) is 18.3 Å². The van der Waals surface area contributed by atoms with Gasteiger partial charge < -0.3 is 9.84 Å². The number of carbonyl (C=O) groups excluding carboxylic acids is 1. The number of aliphatic imine (C=N–C) groups is 1. The highest BCUT2D eigenvalue weighted by Gasteiger charge is 2.22. The van der Waals surface area contributed by atoms with Gasteiger partial charge in [0.2, 0.25) is 5.88 Å². The molecule has 32 heavy (non-hydrogen) atoms. The predicted octanol–water partition coefficient (Wildman–Crippen LogP) is 4.27. The van der Waals surface area contributed by atoms with Crippen LogP contribution in [0.4, 0.5) is 5.69 Å². The van der Waals surface area contributed by atoms with Crippen molar-refractivity contribution in [3.63, 3.8) is 0 Å². The van der Waals surface area contributed by atoms with E-state index in [-0.39, 0.29) is 23.6 Å². The number of rotatable bonds is 6. The summed E-state index contributed by atoms with van der Waals surface area (Å²) in [5.41, 5.74) is 1.76. The third-order valence-corrected chi connectivity index (χ3v) is 5.18. The molecule has 0 aliphatic heterocycles. The minimum absolute atomic E-state index is 0.0512. The van der Waals surface area contributed by atoms with Crippen molar-refractivity contribution >= 4 is 17.9 Å². The van der Waals surface area contributed by atoms with Crippen LogP contribution < -0.4 is 5.56 Å². The Morgan fingerprint density at radius 1 is 1.22 bits per heavy atom. The van der Waals surface area contributed by atoms with E-state index in [1.807, 2.05) is 36.4 Å². The molecule has 7 nitrogen and oxygen atoms in total. The predicted molar refractivity (Wildman–Crippen MR) is 122 cm³/mol. The summed E-state index contributed by atoms with van der Waals surface area (Å²) in [6, 6.07) is 17.2. The molecule has 0 saturated carbocycles. The lowest BCUT2D eigenvalue weighted by atomic mass is 10.0. The molecule has 3 aromatic rings. The normalized spacial score (nSPS) is 11.8. The quantitative estimate of drug-likeness (QED) is 0.465. The molecule has 7 heteroatoms. The molecule has 0 spiro atoms. The van der Waals surface area contributed by atoms with E-state index in [0.29, 0.717) is 16.8 Å². The molecule has 0 fully saturated rings. The van der Waals surface area contributed by atoms with Crippen molar-refractivity contribution in [1.29, 1.82) is 5.26 Å². The average molecular weight is 429 g/mol. The molecule has 0 aliphatic carbocycles. The van der Waals surface area contributed by atoms with E-state index >= 15 is 0 Å². The number of aromatic nitrogens is 1. The van der Waals surface area contributed by atoms with Crippen LogP contribution in [-0.4, -0.2) is 28.5 Å². The maximum absolute atomic E-state index is 12.9. The van der Waals surface area contributed by atoms with Crippen molar-refractivity contribution in [2.75, 3.05) is 6.61 Å². The molecule has 2 aromatic carbocycles. The molecule has 1 heterocycles. The van der Waals surface area contributed by atoms with Gasteiger partial charge in [0.1, 0.15) is 11.6 Å². The number of pyridine rings is 1. The monoisotopic (exact) mass is 429 g/mol. The van der Waals surface area contributed by atoms with E-state index in [2.05, 4.69) is 4.99 Å².